The SMILES string of the molecule is Cc1ccc(C)c(Nc2cc(-n3cccn3)nc(-c3ccccc3)n2)c1. The fourth-order valence-corrected chi connectivity index (χ4v) is 2.74. The predicted molar refractivity (Wildman–Crippen MR) is 104 cm³/mol. The molecule has 26 heavy (non-hydrogen) atoms. The molecule has 2 aromatic carbocycles. The number of benzene rings is 2. The van der Waals surface area contributed by atoms with E-state index >= 15 is 0 Å². The van der Waals surface area contributed by atoms with Gasteiger partial charge < -0.3 is 5.32 Å². The molecule has 2 aromatic heterocycles. The maximum absolute atomic E-state index is 4.72. The Morgan fingerprint density at radius 2 is 1.73 bits per heavy atom. The van der Waals surface area contributed by atoms with Crippen LogP contribution in [-0.4, -0.2) is 19.7 Å². The van der Waals surface area contributed by atoms with Crippen LogP contribution in [0.4, 0.5) is 11.5 Å². The first-order valence-electron chi connectivity index (χ1n) is 8.48. The standard InChI is InChI=1S/C21H19N5/c1-15-9-10-16(2)18(13-15)23-19-14-20(26-12-6-11-22-26)25-21(24-19)17-7-4-3-5-8-17/h3-14H,1-2H3,(H,23,24,25). The molecule has 0 aliphatic rings. The van der Waals surface area contributed by atoms with Crippen LogP contribution in [0.3, 0.4) is 0 Å². The molecule has 1 N–H and O–H groups in total. The summed E-state index contributed by atoms with van der Waals surface area (Å²) in [6, 6.07) is 20.1. The fourth-order valence-electron chi connectivity index (χ4n) is 2.74. The van der Waals surface area contributed by atoms with E-state index in [-0.39, 0.29) is 0 Å². The maximum Gasteiger partial charge on any atom is 0.163 e. The van der Waals surface area contributed by atoms with Gasteiger partial charge in [0.1, 0.15) is 5.82 Å². The number of rotatable bonds is 4. The Morgan fingerprint density at radius 3 is 2.50 bits per heavy atom. The Morgan fingerprint density at radius 1 is 0.885 bits per heavy atom. The van der Waals surface area contributed by atoms with E-state index in [1.807, 2.05) is 48.7 Å². The largest absolute Gasteiger partial charge is 0.340 e. The monoisotopic (exact) mass is 341 g/mol. The Bertz CT molecular complexity index is 1020. The van der Waals surface area contributed by atoms with E-state index in [1.54, 1.807) is 10.9 Å². The van der Waals surface area contributed by atoms with Crippen LogP contribution >= 0.6 is 0 Å². The summed E-state index contributed by atoms with van der Waals surface area (Å²) in [6.45, 7) is 4.16. The second-order valence-corrected chi connectivity index (χ2v) is 6.20. The van der Waals surface area contributed by atoms with Crippen molar-refractivity contribution in [3.8, 4) is 17.2 Å². The third-order valence-electron chi connectivity index (χ3n) is 4.14. The molecule has 0 aliphatic heterocycles. The molecule has 0 saturated heterocycles. The zero-order valence-corrected chi connectivity index (χ0v) is 14.7. The highest BCUT2D eigenvalue weighted by molar-refractivity contribution is 5.65. The van der Waals surface area contributed by atoms with Gasteiger partial charge in [0.05, 0.1) is 0 Å². The molecule has 4 aromatic rings. The fraction of sp³-hybridized carbons (Fsp3) is 0.0952. The summed E-state index contributed by atoms with van der Waals surface area (Å²) in [5.41, 5.74) is 4.36. The van der Waals surface area contributed by atoms with Gasteiger partial charge >= 0.3 is 0 Å². The van der Waals surface area contributed by atoms with Crippen LogP contribution in [0.25, 0.3) is 17.2 Å². The topological polar surface area (TPSA) is 55.6 Å². The van der Waals surface area contributed by atoms with Crippen LogP contribution in [0, 0.1) is 13.8 Å². The predicted octanol–water partition coefficient (Wildman–Crippen LogP) is 4.69. The summed E-state index contributed by atoms with van der Waals surface area (Å²) in [5.74, 6) is 2.11. The third-order valence-corrected chi connectivity index (χ3v) is 4.14. The summed E-state index contributed by atoms with van der Waals surface area (Å²) < 4.78 is 1.74. The Kier molecular flexibility index (Phi) is 4.19. The zero-order valence-electron chi connectivity index (χ0n) is 14.7. The van der Waals surface area contributed by atoms with Gasteiger partial charge in [-0.25, -0.2) is 14.6 Å². The average molecular weight is 341 g/mol. The first kappa shape index (κ1) is 16.0. The lowest BCUT2D eigenvalue weighted by Gasteiger charge is -2.12. The van der Waals surface area contributed by atoms with E-state index in [1.165, 1.54) is 5.56 Å². The van der Waals surface area contributed by atoms with Gasteiger partial charge in [0.2, 0.25) is 0 Å². The molecule has 0 spiro atoms. The highest BCUT2D eigenvalue weighted by Crippen LogP contribution is 2.24. The summed E-state index contributed by atoms with van der Waals surface area (Å²) >= 11 is 0. The molecule has 0 radical (unpaired) electrons. The van der Waals surface area contributed by atoms with Crippen LogP contribution < -0.4 is 5.32 Å². The second-order valence-electron chi connectivity index (χ2n) is 6.20. The average Bonchev–Trinajstić information content (AvgIpc) is 3.20. The van der Waals surface area contributed by atoms with Crippen LogP contribution in [0.1, 0.15) is 11.1 Å². The van der Waals surface area contributed by atoms with Gasteiger partial charge in [-0.05, 0) is 37.1 Å². The molecule has 2 heterocycles. The molecule has 0 bridgehead atoms. The van der Waals surface area contributed by atoms with Gasteiger partial charge in [-0.2, -0.15) is 5.10 Å². The van der Waals surface area contributed by atoms with Gasteiger partial charge in [0.15, 0.2) is 11.6 Å². The summed E-state index contributed by atoms with van der Waals surface area (Å²) in [6.07, 6.45) is 3.61. The van der Waals surface area contributed by atoms with Crippen molar-refractivity contribution in [1.82, 2.24) is 19.7 Å². The van der Waals surface area contributed by atoms with Crippen molar-refractivity contribution in [2.45, 2.75) is 13.8 Å². The number of anilines is 2. The molecule has 0 saturated carbocycles. The minimum Gasteiger partial charge on any atom is -0.340 e. The van der Waals surface area contributed by atoms with Gasteiger partial charge in [-0.15, -0.1) is 0 Å². The first-order valence-corrected chi connectivity index (χ1v) is 8.48. The Balaban J connectivity index is 1.81. The van der Waals surface area contributed by atoms with E-state index < -0.39 is 0 Å². The molecule has 5 nitrogen and oxygen atoms in total. The summed E-state index contributed by atoms with van der Waals surface area (Å²) in [5, 5.41) is 7.73. The molecule has 5 heteroatoms. The smallest absolute Gasteiger partial charge is 0.163 e. The first-order chi connectivity index (χ1) is 12.7. The summed E-state index contributed by atoms with van der Waals surface area (Å²) in [7, 11) is 0. The molecular weight excluding hydrogens is 322 g/mol. The van der Waals surface area contributed by atoms with E-state index in [4.69, 9.17) is 4.98 Å². The van der Waals surface area contributed by atoms with Crippen LogP contribution in [0.2, 0.25) is 0 Å². The highest BCUT2D eigenvalue weighted by atomic mass is 15.3. The maximum atomic E-state index is 4.72. The van der Waals surface area contributed by atoms with Crippen molar-refractivity contribution in [3.05, 3.63) is 84.2 Å². The summed E-state index contributed by atoms with van der Waals surface area (Å²) in [4.78, 5) is 9.39. The van der Waals surface area contributed by atoms with E-state index in [2.05, 4.69) is 47.4 Å². The third kappa shape index (κ3) is 3.32. The minimum absolute atomic E-state index is 0.659. The number of hydrogen-bond acceptors (Lipinski definition) is 4. The number of hydrogen-bond donors (Lipinski definition) is 1. The lowest BCUT2D eigenvalue weighted by Crippen LogP contribution is -2.05. The molecular formula is C21H19N5. The van der Waals surface area contributed by atoms with E-state index in [0.29, 0.717) is 5.82 Å². The minimum atomic E-state index is 0.659. The number of aromatic nitrogens is 4. The molecule has 4 rings (SSSR count). The van der Waals surface area contributed by atoms with Gasteiger partial charge in [0, 0.05) is 29.7 Å². The Labute approximate surface area is 152 Å². The highest BCUT2D eigenvalue weighted by Gasteiger charge is 2.10. The lowest BCUT2D eigenvalue weighted by molar-refractivity contribution is 0.842. The Hall–Kier alpha value is -3.47. The zero-order chi connectivity index (χ0) is 17.9. The number of nitrogens with one attached hydrogen (secondary N) is 1. The lowest BCUT2D eigenvalue weighted by atomic mass is 10.1. The van der Waals surface area contributed by atoms with Crippen molar-refractivity contribution in [2.24, 2.45) is 0 Å². The molecule has 0 atom stereocenters. The molecule has 0 fully saturated rings. The quantitative estimate of drug-likeness (QED) is 0.585. The van der Waals surface area contributed by atoms with Crippen molar-refractivity contribution >= 4 is 11.5 Å². The van der Waals surface area contributed by atoms with Crippen molar-refractivity contribution in [1.29, 1.82) is 0 Å². The van der Waals surface area contributed by atoms with Crippen molar-refractivity contribution in [2.75, 3.05) is 5.32 Å². The van der Waals surface area contributed by atoms with E-state index in [9.17, 15) is 0 Å². The second kappa shape index (κ2) is 6.80. The molecule has 0 unspecified atom stereocenters. The van der Waals surface area contributed by atoms with Gasteiger partial charge in [-0.1, -0.05) is 42.5 Å². The van der Waals surface area contributed by atoms with Crippen LogP contribution in [0.5, 0.6) is 0 Å². The van der Waals surface area contributed by atoms with Crippen molar-refractivity contribution in [3.63, 3.8) is 0 Å². The van der Waals surface area contributed by atoms with Crippen molar-refractivity contribution < 1.29 is 0 Å². The molecule has 128 valence electrons. The van der Waals surface area contributed by atoms with Gasteiger partial charge in [0.25, 0.3) is 0 Å². The molecule has 0 amide bonds. The molecule has 0 aliphatic carbocycles. The number of aryl methyl sites for hydroxylation is 2. The van der Waals surface area contributed by atoms with E-state index in [0.717, 1.165) is 28.5 Å². The van der Waals surface area contributed by atoms with Gasteiger partial charge in [-0.3, -0.25) is 0 Å². The van der Waals surface area contributed by atoms with Crippen LogP contribution in [-0.2, 0) is 0 Å². The number of nitrogens with zero attached hydrogens (tertiary/aromatic N) is 4. The van der Waals surface area contributed by atoms with Crippen LogP contribution in [0.15, 0.2) is 73.1 Å². The normalized spacial score (nSPS) is 10.7.